The minimum atomic E-state index is -0.146. The number of anilines is 3. The summed E-state index contributed by atoms with van der Waals surface area (Å²) in [5.41, 5.74) is 16.1. The minimum Gasteiger partial charge on any atom is -0.454 e. The standard InChI is InChI=1S/C55H38N2O/c1-55(2)47-23-11-8-18-40(47)41-29-28-37(34-48(41)55)57(52-25-14-22-45-44-21-10-13-26-53(44)58-54(45)52)50-32-30-38(39-17-6-7-19-42(39)50)35-27-31-51-46(33-35)43-20-9-12-24-49(43)56(51)36-15-4-3-5-16-36/h3-34H,1-2H3. The maximum Gasteiger partial charge on any atom is 0.159 e. The summed E-state index contributed by atoms with van der Waals surface area (Å²) in [5, 5.41) is 7.08. The van der Waals surface area contributed by atoms with Crippen molar-refractivity contribution in [2.75, 3.05) is 4.90 Å². The molecule has 1 aliphatic rings. The first-order chi connectivity index (χ1) is 28.5. The van der Waals surface area contributed by atoms with Crippen LogP contribution in [0.15, 0.2) is 199 Å². The summed E-state index contributed by atoms with van der Waals surface area (Å²) in [5.74, 6) is 0. The predicted octanol–water partition coefficient (Wildman–Crippen LogP) is 15.3. The summed E-state index contributed by atoms with van der Waals surface area (Å²) in [6, 6.07) is 70.6. The summed E-state index contributed by atoms with van der Waals surface area (Å²) >= 11 is 0. The number of furan rings is 1. The van der Waals surface area contributed by atoms with Crippen molar-refractivity contribution in [1.29, 1.82) is 0 Å². The van der Waals surface area contributed by atoms with E-state index in [0.29, 0.717) is 0 Å². The fraction of sp³-hybridized carbons (Fsp3) is 0.0545. The second kappa shape index (κ2) is 12.3. The molecule has 0 saturated carbocycles. The Kier molecular flexibility index (Phi) is 6.98. The highest BCUT2D eigenvalue weighted by atomic mass is 16.3. The van der Waals surface area contributed by atoms with Crippen LogP contribution >= 0.6 is 0 Å². The van der Waals surface area contributed by atoms with Gasteiger partial charge in [-0.3, -0.25) is 0 Å². The third-order valence-electron chi connectivity index (χ3n) is 12.6. The van der Waals surface area contributed by atoms with Gasteiger partial charge >= 0.3 is 0 Å². The van der Waals surface area contributed by atoms with Crippen molar-refractivity contribution in [2.45, 2.75) is 19.3 Å². The van der Waals surface area contributed by atoms with E-state index in [-0.39, 0.29) is 5.41 Å². The van der Waals surface area contributed by atoms with Gasteiger partial charge in [-0.25, -0.2) is 0 Å². The molecule has 3 heteroatoms. The average molecular weight is 743 g/mol. The molecule has 58 heavy (non-hydrogen) atoms. The lowest BCUT2D eigenvalue weighted by molar-refractivity contribution is 0.660. The molecule has 2 aromatic heterocycles. The molecule has 0 amide bonds. The number of fused-ring (bicyclic) bond motifs is 10. The third kappa shape index (κ3) is 4.68. The summed E-state index contributed by atoms with van der Waals surface area (Å²) in [7, 11) is 0. The average Bonchev–Trinajstić information content (AvgIpc) is 3.90. The molecule has 0 atom stereocenters. The van der Waals surface area contributed by atoms with E-state index in [1.54, 1.807) is 0 Å². The van der Waals surface area contributed by atoms with E-state index in [2.05, 4.69) is 211 Å². The van der Waals surface area contributed by atoms with E-state index in [1.165, 1.54) is 66.0 Å². The van der Waals surface area contributed by atoms with E-state index in [1.807, 2.05) is 6.07 Å². The Bertz CT molecular complexity index is 3440. The van der Waals surface area contributed by atoms with Gasteiger partial charge in [-0.1, -0.05) is 147 Å². The number of benzene rings is 9. The first-order valence-corrected chi connectivity index (χ1v) is 20.1. The topological polar surface area (TPSA) is 21.3 Å². The maximum atomic E-state index is 6.76. The van der Waals surface area contributed by atoms with Crippen molar-refractivity contribution in [2.24, 2.45) is 0 Å². The van der Waals surface area contributed by atoms with Gasteiger partial charge in [-0.2, -0.15) is 0 Å². The number of nitrogens with zero attached hydrogens (tertiary/aromatic N) is 2. The molecule has 12 rings (SSSR count). The van der Waals surface area contributed by atoms with Gasteiger partial charge < -0.3 is 13.9 Å². The summed E-state index contributed by atoms with van der Waals surface area (Å²) in [6.07, 6.45) is 0. The maximum absolute atomic E-state index is 6.76. The van der Waals surface area contributed by atoms with Gasteiger partial charge in [0.05, 0.1) is 22.4 Å². The monoisotopic (exact) mass is 742 g/mol. The van der Waals surface area contributed by atoms with Crippen LogP contribution < -0.4 is 4.90 Å². The van der Waals surface area contributed by atoms with Crippen LogP contribution in [0.25, 0.3) is 82.5 Å². The normalized spacial score (nSPS) is 13.1. The molecule has 0 radical (unpaired) electrons. The predicted molar refractivity (Wildman–Crippen MR) is 243 cm³/mol. The van der Waals surface area contributed by atoms with Crippen LogP contribution in [-0.4, -0.2) is 4.57 Å². The summed E-state index contributed by atoms with van der Waals surface area (Å²) in [6.45, 7) is 4.70. The summed E-state index contributed by atoms with van der Waals surface area (Å²) in [4.78, 5) is 2.42. The van der Waals surface area contributed by atoms with Crippen LogP contribution in [0.5, 0.6) is 0 Å². The van der Waals surface area contributed by atoms with Crippen molar-refractivity contribution < 1.29 is 4.42 Å². The van der Waals surface area contributed by atoms with E-state index < -0.39 is 0 Å². The van der Waals surface area contributed by atoms with Gasteiger partial charge in [-0.05, 0) is 99.4 Å². The molecule has 0 spiro atoms. The minimum absolute atomic E-state index is 0.146. The fourth-order valence-electron chi connectivity index (χ4n) is 9.87. The van der Waals surface area contributed by atoms with Gasteiger partial charge in [0, 0.05) is 43.7 Å². The van der Waals surface area contributed by atoms with Crippen LogP contribution in [0.2, 0.25) is 0 Å². The quantitative estimate of drug-likeness (QED) is 0.175. The zero-order chi connectivity index (χ0) is 38.5. The highest BCUT2D eigenvalue weighted by molar-refractivity contribution is 6.14. The molecule has 0 saturated heterocycles. The van der Waals surface area contributed by atoms with E-state index in [4.69, 9.17) is 4.42 Å². The molecule has 2 heterocycles. The molecule has 9 aromatic carbocycles. The van der Waals surface area contributed by atoms with Crippen molar-refractivity contribution in [3.05, 3.63) is 205 Å². The molecular formula is C55H38N2O. The van der Waals surface area contributed by atoms with Gasteiger partial charge in [0.15, 0.2) is 5.58 Å². The van der Waals surface area contributed by atoms with Gasteiger partial charge in [0.2, 0.25) is 0 Å². The van der Waals surface area contributed by atoms with Gasteiger partial charge in [-0.15, -0.1) is 0 Å². The first-order valence-electron chi connectivity index (χ1n) is 20.1. The molecule has 0 aliphatic heterocycles. The molecule has 0 bridgehead atoms. The molecule has 1 aliphatic carbocycles. The van der Waals surface area contributed by atoms with Crippen molar-refractivity contribution in [3.63, 3.8) is 0 Å². The number of rotatable bonds is 5. The molecular weight excluding hydrogens is 705 g/mol. The fourth-order valence-corrected chi connectivity index (χ4v) is 9.87. The Balaban J connectivity index is 1.09. The van der Waals surface area contributed by atoms with Gasteiger partial charge in [0.25, 0.3) is 0 Å². The molecule has 3 nitrogen and oxygen atoms in total. The Hall–Kier alpha value is -7.36. The number of aromatic nitrogens is 1. The lowest BCUT2D eigenvalue weighted by Gasteiger charge is -2.29. The second-order valence-corrected chi connectivity index (χ2v) is 16.1. The first kappa shape index (κ1) is 32.8. The van der Waals surface area contributed by atoms with Crippen molar-refractivity contribution in [3.8, 4) is 27.9 Å². The Labute approximate surface area is 336 Å². The van der Waals surface area contributed by atoms with Crippen LogP contribution in [0.4, 0.5) is 17.1 Å². The highest BCUT2D eigenvalue weighted by Crippen LogP contribution is 2.52. The van der Waals surface area contributed by atoms with E-state index in [9.17, 15) is 0 Å². The molecule has 0 fully saturated rings. The highest BCUT2D eigenvalue weighted by Gasteiger charge is 2.36. The second-order valence-electron chi connectivity index (χ2n) is 16.1. The molecule has 0 N–H and O–H groups in total. The zero-order valence-corrected chi connectivity index (χ0v) is 32.3. The molecule has 0 unspecified atom stereocenters. The Morgan fingerprint density at radius 1 is 0.431 bits per heavy atom. The Morgan fingerprint density at radius 2 is 1.10 bits per heavy atom. The van der Waals surface area contributed by atoms with Gasteiger partial charge in [0.1, 0.15) is 5.58 Å². The van der Waals surface area contributed by atoms with Crippen molar-refractivity contribution >= 4 is 71.6 Å². The number of hydrogen-bond acceptors (Lipinski definition) is 2. The number of para-hydroxylation sites is 4. The zero-order valence-electron chi connectivity index (χ0n) is 32.3. The number of hydrogen-bond donors (Lipinski definition) is 0. The van der Waals surface area contributed by atoms with E-state index in [0.717, 1.165) is 44.7 Å². The van der Waals surface area contributed by atoms with Crippen LogP contribution in [0.1, 0.15) is 25.0 Å². The van der Waals surface area contributed by atoms with Crippen LogP contribution in [0, 0.1) is 0 Å². The SMILES string of the molecule is CC1(C)c2ccccc2-c2ccc(N(c3ccc(-c4ccc5c(c4)c4ccccc4n5-c4ccccc4)c4ccccc34)c3cccc4c3oc3ccccc34)cc21. The van der Waals surface area contributed by atoms with Crippen LogP contribution in [0.3, 0.4) is 0 Å². The smallest absolute Gasteiger partial charge is 0.159 e. The third-order valence-corrected chi connectivity index (χ3v) is 12.6. The Morgan fingerprint density at radius 3 is 1.98 bits per heavy atom. The lowest BCUT2D eigenvalue weighted by atomic mass is 9.82. The van der Waals surface area contributed by atoms with Crippen molar-refractivity contribution in [1.82, 2.24) is 4.57 Å². The lowest BCUT2D eigenvalue weighted by Crippen LogP contribution is -2.16. The van der Waals surface area contributed by atoms with E-state index >= 15 is 0 Å². The van der Waals surface area contributed by atoms with Crippen LogP contribution in [-0.2, 0) is 5.41 Å². The largest absolute Gasteiger partial charge is 0.454 e. The molecule has 11 aromatic rings. The summed E-state index contributed by atoms with van der Waals surface area (Å²) < 4.78 is 9.14. The molecule has 274 valence electrons.